The highest BCUT2D eigenvalue weighted by molar-refractivity contribution is 9.10. The van der Waals surface area contributed by atoms with Crippen molar-refractivity contribution in [3.63, 3.8) is 0 Å². The Kier molecular flexibility index (Phi) is 3.21. The number of carboxylic acid groups (broad SMARTS) is 1. The highest BCUT2D eigenvalue weighted by Gasteiger charge is 2.16. The largest absolute Gasteiger partial charge is 0.480 e. The molecule has 0 saturated heterocycles. The maximum absolute atomic E-state index is 11.6. The van der Waals surface area contributed by atoms with Gasteiger partial charge in [-0.15, -0.1) is 0 Å². The smallest absolute Gasteiger partial charge is 0.323 e. The van der Waals surface area contributed by atoms with Crippen LogP contribution in [-0.2, 0) is 11.3 Å². The van der Waals surface area contributed by atoms with Gasteiger partial charge in [0.15, 0.2) is 5.78 Å². The molecule has 94 valence electrons. The first kappa shape index (κ1) is 12.8. The minimum Gasteiger partial charge on any atom is -0.480 e. The predicted octanol–water partition coefficient (Wildman–Crippen LogP) is 2.39. The number of carboxylic acids is 1. The molecule has 2 aromatic heterocycles. The van der Waals surface area contributed by atoms with Gasteiger partial charge in [0.25, 0.3) is 0 Å². The van der Waals surface area contributed by atoms with E-state index in [4.69, 9.17) is 5.11 Å². The highest BCUT2D eigenvalue weighted by Crippen LogP contribution is 2.26. The van der Waals surface area contributed by atoms with E-state index < -0.39 is 5.97 Å². The molecule has 0 bridgehead atoms. The second-order valence-electron chi connectivity index (χ2n) is 4.05. The average molecular weight is 311 g/mol. The first-order valence-electron chi connectivity index (χ1n) is 5.29. The van der Waals surface area contributed by atoms with Crippen molar-refractivity contribution in [1.29, 1.82) is 0 Å². The number of aromatic nitrogens is 2. The number of aryl methyl sites for hydroxylation is 1. The lowest BCUT2D eigenvalue weighted by Crippen LogP contribution is -2.08. The Bertz CT molecular complexity index is 661. The van der Waals surface area contributed by atoms with Gasteiger partial charge in [-0.3, -0.25) is 9.59 Å². The Balaban J connectivity index is 2.80. The summed E-state index contributed by atoms with van der Waals surface area (Å²) in [6.45, 7) is 3.06. The first-order valence-corrected chi connectivity index (χ1v) is 6.08. The van der Waals surface area contributed by atoms with Gasteiger partial charge in [0.1, 0.15) is 11.1 Å². The Morgan fingerprint density at radius 2 is 2.17 bits per heavy atom. The summed E-state index contributed by atoms with van der Waals surface area (Å²) in [5.74, 6) is -1.05. The van der Waals surface area contributed by atoms with Crippen molar-refractivity contribution in [2.45, 2.75) is 20.4 Å². The molecule has 0 aliphatic rings. The molecule has 0 unspecified atom stereocenters. The second-order valence-corrected chi connectivity index (χ2v) is 4.86. The Labute approximate surface area is 112 Å². The first-order chi connectivity index (χ1) is 8.40. The van der Waals surface area contributed by atoms with Gasteiger partial charge in [-0.05, 0) is 35.8 Å². The summed E-state index contributed by atoms with van der Waals surface area (Å²) in [5, 5.41) is 9.61. The van der Waals surface area contributed by atoms with Gasteiger partial charge < -0.3 is 9.67 Å². The SMILES string of the molecule is CC(=O)c1cn(CC(=O)O)c2c(C)nc(Br)cc12. The van der Waals surface area contributed by atoms with Gasteiger partial charge in [0.05, 0.1) is 11.2 Å². The molecule has 0 aliphatic carbocycles. The molecular formula is C12H11BrN2O3. The standard InChI is InChI=1S/C12H11BrN2O3/c1-6-12-8(3-10(13)14-6)9(7(2)16)4-15(12)5-11(17)18/h3-4H,5H2,1-2H3,(H,17,18). The lowest BCUT2D eigenvalue weighted by Gasteiger charge is -2.04. The number of aliphatic carboxylic acids is 1. The second kappa shape index (κ2) is 4.53. The molecule has 0 saturated carbocycles. The molecule has 0 aromatic carbocycles. The summed E-state index contributed by atoms with van der Waals surface area (Å²) in [5.41, 5.74) is 1.89. The van der Waals surface area contributed by atoms with Crippen LogP contribution in [0.1, 0.15) is 23.0 Å². The summed E-state index contributed by atoms with van der Waals surface area (Å²) in [6, 6.07) is 1.73. The number of Topliss-reactive ketones (excluding diaryl/α,β-unsaturated/α-hetero) is 1. The van der Waals surface area contributed by atoms with Crippen LogP contribution in [0.25, 0.3) is 10.9 Å². The molecule has 2 rings (SSSR count). The summed E-state index contributed by atoms with van der Waals surface area (Å²) in [7, 11) is 0. The van der Waals surface area contributed by atoms with Crippen molar-refractivity contribution in [3.8, 4) is 0 Å². The number of halogens is 1. The van der Waals surface area contributed by atoms with Crippen molar-refractivity contribution in [3.05, 3.63) is 28.1 Å². The van der Waals surface area contributed by atoms with E-state index in [0.717, 1.165) is 5.39 Å². The summed E-state index contributed by atoms with van der Waals surface area (Å²) < 4.78 is 2.17. The minimum absolute atomic E-state index is 0.0957. The van der Waals surface area contributed by atoms with Crippen molar-refractivity contribution in [2.24, 2.45) is 0 Å². The highest BCUT2D eigenvalue weighted by atomic mass is 79.9. The number of nitrogens with zero attached hydrogens (tertiary/aromatic N) is 2. The number of carbonyl (C=O) groups is 2. The summed E-state index contributed by atoms with van der Waals surface area (Å²) in [4.78, 5) is 26.7. The Hall–Kier alpha value is -1.69. The van der Waals surface area contributed by atoms with Crippen LogP contribution >= 0.6 is 15.9 Å². The zero-order valence-corrected chi connectivity index (χ0v) is 11.5. The van der Waals surface area contributed by atoms with E-state index in [1.54, 1.807) is 23.8 Å². The Morgan fingerprint density at radius 3 is 2.72 bits per heavy atom. The molecule has 18 heavy (non-hydrogen) atoms. The number of rotatable bonds is 3. The number of pyridine rings is 1. The fraction of sp³-hybridized carbons (Fsp3) is 0.250. The third-order valence-corrected chi connectivity index (χ3v) is 3.09. The van der Waals surface area contributed by atoms with Crippen LogP contribution < -0.4 is 0 Å². The molecule has 0 amide bonds. The van der Waals surface area contributed by atoms with Crippen LogP contribution in [0.3, 0.4) is 0 Å². The van der Waals surface area contributed by atoms with Crippen LogP contribution in [0.15, 0.2) is 16.9 Å². The zero-order chi connectivity index (χ0) is 13.4. The molecule has 0 aliphatic heterocycles. The molecule has 1 N–H and O–H groups in total. The van der Waals surface area contributed by atoms with Crippen molar-refractivity contribution >= 4 is 38.6 Å². The molecule has 2 heterocycles. The third kappa shape index (κ3) is 2.15. The average Bonchev–Trinajstić information content (AvgIpc) is 2.55. The van der Waals surface area contributed by atoms with Gasteiger partial charge in [0.2, 0.25) is 0 Å². The molecule has 0 fully saturated rings. The Morgan fingerprint density at radius 1 is 1.50 bits per heavy atom. The van der Waals surface area contributed by atoms with E-state index in [1.807, 2.05) is 0 Å². The monoisotopic (exact) mass is 310 g/mol. The van der Waals surface area contributed by atoms with E-state index >= 15 is 0 Å². The van der Waals surface area contributed by atoms with Crippen LogP contribution in [-0.4, -0.2) is 26.4 Å². The van der Waals surface area contributed by atoms with Crippen LogP contribution in [0.5, 0.6) is 0 Å². The predicted molar refractivity (Wildman–Crippen MR) is 69.8 cm³/mol. The molecule has 6 heteroatoms. The number of ketones is 1. The van der Waals surface area contributed by atoms with E-state index in [0.29, 0.717) is 21.4 Å². The van der Waals surface area contributed by atoms with Gasteiger partial charge >= 0.3 is 5.97 Å². The van der Waals surface area contributed by atoms with Gasteiger partial charge in [0, 0.05) is 17.1 Å². The lowest BCUT2D eigenvalue weighted by atomic mass is 10.1. The molecule has 2 aromatic rings. The molecule has 0 atom stereocenters. The zero-order valence-electron chi connectivity index (χ0n) is 9.90. The lowest BCUT2D eigenvalue weighted by molar-refractivity contribution is -0.137. The number of hydrogen-bond acceptors (Lipinski definition) is 3. The molecule has 0 radical (unpaired) electrons. The normalized spacial score (nSPS) is 10.8. The van der Waals surface area contributed by atoms with E-state index in [-0.39, 0.29) is 12.3 Å². The molecular weight excluding hydrogens is 300 g/mol. The summed E-state index contributed by atoms with van der Waals surface area (Å²) >= 11 is 3.28. The van der Waals surface area contributed by atoms with Crippen LogP contribution in [0.2, 0.25) is 0 Å². The van der Waals surface area contributed by atoms with Crippen LogP contribution in [0.4, 0.5) is 0 Å². The van der Waals surface area contributed by atoms with Crippen molar-refractivity contribution < 1.29 is 14.7 Å². The fourth-order valence-corrected chi connectivity index (χ4v) is 2.53. The molecule has 0 spiro atoms. The van der Waals surface area contributed by atoms with Gasteiger partial charge in [-0.25, -0.2) is 4.98 Å². The van der Waals surface area contributed by atoms with Crippen molar-refractivity contribution in [2.75, 3.05) is 0 Å². The maximum atomic E-state index is 11.6. The fourth-order valence-electron chi connectivity index (χ4n) is 2.04. The third-order valence-electron chi connectivity index (χ3n) is 2.68. The maximum Gasteiger partial charge on any atom is 0.323 e. The quantitative estimate of drug-likeness (QED) is 0.698. The minimum atomic E-state index is -0.954. The van der Waals surface area contributed by atoms with Crippen LogP contribution in [0, 0.1) is 6.92 Å². The number of hydrogen-bond donors (Lipinski definition) is 1. The van der Waals surface area contributed by atoms with Crippen molar-refractivity contribution in [1.82, 2.24) is 9.55 Å². The number of fused-ring (bicyclic) bond motifs is 1. The summed E-state index contributed by atoms with van der Waals surface area (Å²) in [6.07, 6.45) is 1.57. The topological polar surface area (TPSA) is 72.2 Å². The number of carbonyl (C=O) groups excluding carboxylic acids is 1. The van der Waals surface area contributed by atoms with E-state index in [9.17, 15) is 9.59 Å². The van der Waals surface area contributed by atoms with Gasteiger partial charge in [-0.2, -0.15) is 0 Å². The van der Waals surface area contributed by atoms with E-state index in [1.165, 1.54) is 6.92 Å². The van der Waals surface area contributed by atoms with Gasteiger partial charge in [-0.1, -0.05) is 0 Å². The molecule has 5 nitrogen and oxygen atoms in total. The van der Waals surface area contributed by atoms with E-state index in [2.05, 4.69) is 20.9 Å².